The first-order valence-electron chi connectivity index (χ1n) is 6.51. The smallest absolute Gasteiger partial charge is 0.240 e. The Morgan fingerprint density at radius 1 is 1.35 bits per heavy atom. The Balaban J connectivity index is 2.61. The van der Waals surface area contributed by atoms with E-state index in [1.54, 1.807) is 6.92 Å². The Bertz CT molecular complexity index is 524. The third-order valence-electron chi connectivity index (χ3n) is 2.67. The fourth-order valence-electron chi connectivity index (χ4n) is 1.63. The van der Waals surface area contributed by atoms with Crippen molar-refractivity contribution in [3.63, 3.8) is 0 Å². The molecule has 3 N–H and O–H groups in total. The van der Waals surface area contributed by atoms with Gasteiger partial charge in [0, 0.05) is 19.8 Å². The molecule has 1 aromatic carbocycles. The number of nitrogens with one attached hydrogen (secondary N) is 1. The zero-order chi connectivity index (χ0) is 15.2. The van der Waals surface area contributed by atoms with E-state index < -0.39 is 10.0 Å². The molecule has 0 amide bonds. The number of hydrogen-bond donors (Lipinski definition) is 2. The van der Waals surface area contributed by atoms with Gasteiger partial charge in [-0.1, -0.05) is 18.5 Å². The predicted molar refractivity (Wildman–Crippen MR) is 81.5 cm³/mol. The van der Waals surface area contributed by atoms with Gasteiger partial charge in [-0.2, -0.15) is 0 Å². The predicted octanol–water partition coefficient (Wildman–Crippen LogP) is 2.33. The quantitative estimate of drug-likeness (QED) is 0.569. The molecule has 0 unspecified atom stereocenters. The molecule has 0 aromatic heterocycles. The van der Waals surface area contributed by atoms with E-state index in [0.29, 0.717) is 36.8 Å². The second kappa shape index (κ2) is 7.83. The van der Waals surface area contributed by atoms with Crippen molar-refractivity contribution < 1.29 is 13.2 Å². The molecule has 0 spiro atoms. The average molecular weight is 321 g/mol. The van der Waals surface area contributed by atoms with Crippen LogP contribution >= 0.6 is 11.6 Å². The molecule has 0 aliphatic carbocycles. The number of nitrogens with two attached hydrogens (primary N) is 1. The van der Waals surface area contributed by atoms with Gasteiger partial charge in [-0.25, -0.2) is 13.1 Å². The van der Waals surface area contributed by atoms with E-state index in [1.807, 2.05) is 6.92 Å². The van der Waals surface area contributed by atoms with Gasteiger partial charge in [-0.3, -0.25) is 0 Å². The van der Waals surface area contributed by atoms with Crippen LogP contribution in [0.5, 0.6) is 0 Å². The van der Waals surface area contributed by atoms with E-state index in [4.69, 9.17) is 22.1 Å². The second-order valence-electron chi connectivity index (χ2n) is 4.51. The van der Waals surface area contributed by atoms with Crippen LogP contribution in [0.2, 0.25) is 5.02 Å². The lowest BCUT2D eigenvalue weighted by atomic mass is 10.2. The van der Waals surface area contributed by atoms with Crippen LogP contribution in [0.3, 0.4) is 0 Å². The highest BCUT2D eigenvalue weighted by molar-refractivity contribution is 7.89. The summed E-state index contributed by atoms with van der Waals surface area (Å²) in [6, 6.07) is 2.87. The van der Waals surface area contributed by atoms with Crippen molar-refractivity contribution in [2.75, 3.05) is 25.5 Å². The third-order valence-corrected chi connectivity index (χ3v) is 4.63. The molecule has 0 saturated carbocycles. The first-order chi connectivity index (χ1) is 9.38. The van der Waals surface area contributed by atoms with Gasteiger partial charge >= 0.3 is 0 Å². The summed E-state index contributed by atoms with van der Waals surface area (Å²) in [5.74, 6) is 0. The Hall–Kier alpha value is -0.820. The number of nitrogen functional groups attached to an aromatic ring is 1. The monoisotopic (exact) mass is 320 g/mol. The van der Waals surface area contributed by atoms with Gasteiger partial charge in [0.05, 0.1) is 15.6 Å². The number of halogens is 1. The topological polar surface area (TPSA) is 81.4 Å². The van der Waals surface area contributed by atoms with Gasteiger partial charge in [0.1, 0.15) is 0 Å². The summed E-state index contributed by atoms with van der Waals surface area (Å²) in [5, 5.41) is 0.386. The number of sulfonamides is 1. The number of ether oxygens (including phenoxy) is 1. The maximum absolute atomic E-state index is 12.1. The van der Waals surface area contributed by atoms with Crippen molar-refractivity contribution >= 4 is 27.3 Å². The molecule has 0 saturated heterocycles. The van der Waals surface area contributed by atoms with Gasteiger partial charge < -0.3 is 10.5 Å². The molecule has 0 fully saturated rings. The van der Waals surface area contributed by atoms with Crippen molar-refractivity contribution in [2.24, 2.45) is 0 Å². The summed E-state index contributed by atoms with van der Waals surface area (Å²) in [7, 11) is -3.56. The van der Waals surface area contributed by atoms with Crippen molar-refractivity contribution in [3.8, 4) is 0 Å². The van der Waals surface area contributed by atoms with Gasteiger partial charge in [-0.15, -0.1) is 0 Å². The van der Waals surface area contributed by atoms with Crippen LogP contribution in [-0.2, 0) is 14.8 Å². The van der Waals surface area contributed by atoms with Crippen molar-refractivity contribution in [2.45, 2.75) is 31.6 Å². The first kappa shape index (κ1) is 17.2. The highest BCUT2D eigenvalue weighted by Gasteiger charge is 2.16. The van der Waals surface area contributed by atoms with Gasteiger partial charge in [0.25, 0.3) is 0 Å². The molecular weight excluding hydrogens is 300 g/mol. The maximum Gasteiger partial charge on any atom is 0.240 e. The minimum atomic E-state index is -3.56. The molecule has 5 nitrogen and oxygen atoms in total. The fraction of sp³-hybridized carbons (Fsp3) is 0.538. The average Bonchev–Trinajstić information content (AvgIpc) is 2.39. The molecule has 0 aliphatic heterocycles. The number of benzene rings is 1. The highest BCUT2D eigenvalue weighted by atomic mass is 35.5. The summed E-state index contributed by atoms with van der Waals surface area (Å²) in [5.41, 5.74) is 6.58. The molecule has 7 heteroatoms. The van der Waals surface area contributed by atoms with E-state index in [2.05, 4.69) is 4.72 Å². The summed E-state index contributed by atoms with van der Waals surface area (Å²) in [6.45, 7) is 5.30. The van der Waals surface area contributed by atoms with Crippen LogP contribution in [-0.4, -0.2) is 28.2 Å². The van der Waals surface area contributed by atoms with Crippen molar-refractivity contribution in [3.05, 3.63) is 22.7 Å². The SMILES string of the molecule is CCCOCCCNS(=O)(=O)c1cc(C)c(Cl)c(N)c1. The zero-order valence-electron chi connectivity index (χ0n) is 11.8. The van der Waals surface area contributed by atoms with Gasteiger partial charge in [-0.05, 0) is 37.5 Å². The van der Waals surface area contributed by atoms with Crippen molar-refractivity contribution in [1.29, 1.82) is 0 Å². The Morgan fingerprint density at radius 3 is 2.65 bits per heavy atom. The normalized spacial score (nSPS) is 11.8. The van der Waals surface area contributed by atoms with Crippen LogP contribution in [0.15, 0.2) is 17.0 Å². The van der Waals surface area contributed by atoms with Crippen molar-refractivity contribution in [1.82, 2.24) is 4.72 Å². The lowest BCUT2D eigenvalue weighted by Gasteiger charge is -2.10. The summed E-state index contributed by atoms with van der Waals surface area (Å²) in [6.07, 6.45) is 1.58. The molecule has 1 aromatic rings. The van der Waals surface area contributed by atoms with Crippen LogP contribution in [0.4, 0.5) is 5.69 Å². The molecule has 0 bridgehead atoms. The standard InChI is InChI=1S/C13H21ClN2O3S/c1-3-6-19-7-4-5-16-20(17,18)11-8-10(2)13(14)12(15)9-11/h8-9,16H,3-7,15H2,1-2H3. The zero-order valence-corrected chi connectivity index (χ0v) is 13.4. The molecule has 0 aliphatic rings. The summed E-state index contributed by atoms with van der Waals surface area (Å²) >= 11 is 5.92. The molecule has 0 atom stereocenters. The first-order valence-corrected chi connectivity index (χ1v) is 8.37. The van der Waals surface area contributed by atoms with E-state index in [9.17, 15) is 8.42 Å². The Kier molecular flexibility index (Phi) is 6.75. The second-order valence-corrected chi connectivity index (χ2v) is 6.65. The van der Waals surface area contributed by atoms with Crippen LogP contribution in [0.25, 0.3) is 0 Å². The summed E-state index contributed by atoms with van der Waals surface area (Å²) in [4.78, 5) is 0.131. The Morgan fingerprint density at radius 2 is 2.05 bits per heavy atom. The summed E-state index contributed by atoms with van der Waals surface area (Å²) < 4.78 is 32.0. The largest absolute Gasteiger partial charge is 0.397 e. The van der Waals surface area contributed by atoms with E-state index >= 15 is 0 Å². The Labute approximate surface area is 125 Å². The number of aryl methyl sites for hydroxylation is 1. The van der Waals surface area contributed by atoms with E-state index in [-0.39, 0.29) is 10.6 Å². The number of anilines is 1. The molecule has 1 rings (SSSR count). The van der Waals surface area contributed by atoms with E-state index in [0.717, 1.165) is 6.42 Å². The molecule has 0 heterocycles. The number of rotatable bonds is 8. The molecule has 20 heavy (non-hydrogen) atoms. The lowest BCUT2D eigenvalue weighted by molar-refractivity contribution is 0.133. The van der Waals surface area contributed by atoms with Crippen LogP contribution in [0.1, 0.15) is 25.3 Å². The van der Waals surface area contributed by atoms with Crippen LogP contribution < -0.4 is 10.5 Å². The van der Waals surface area contributed by atoms with Gasteiger partial charge in [0.15, 0.2) is 0 Å². The maximum atomic E-state index is 12.1. The lowest BCUT2D eigenvalue weighted by Crippen LogP contribution is -2.25. The van der Waals surface area contributed by atoms with Crippen LogP contribution in [0, 0.1) is 6.92 Å². The minimum absolute atomic E-state index is 0.131. The highest BCUT2D eigenvalue weighted by Crippen LogP contribution is 2.26. The molecular formula is C13H21ClN2O3S. The minimum Gasteiger partial charge on any atom is -0.397 e. The molecule has 0 radical (unpaired) electrons. The molecule has 114 valence electrons. The van der Waals surface area contributed by atoms with E-state index in [1.165, 1.54) is 12.1 Å². The fourth-order valence-corrected chi connectivity index (χ4v) is 2.93. The van der Waals surface area contributed by atoms with Gasteiger partial charge in [0.2, 0.25) is 10.0 Å². The number of hydrogen-bond acceptors (Lipinski definition) is 4. The third kappa shape index (κ3) is 4.94.